The van der Waals surface area contributed by atoms with Gasteiger partial charge in [-0.1, -0.05) is 6.92 Å². The van der Waals surface area contributed by atoms with Crippen molar-refractivity contribution in [3.8, 4) is 0 Å². The van der Waals surface area contributed by atoms with Crippen LogP contribution in [0.3, 0.4) is 0 Å². The molecule has 0 saturated carbocycles. The lowest BCUT2D eigenvalue weighted by molar-refractivity contribution is -0.0543. The minimum absolute atomic E-state index is 0. The summed E-state index contributed by atoms with van der Waals surface area (Å²) in [6.07, 6.45) is 1.72. The van der Waals surface area contributed by atoms with Crippen molar-refractivity contribution in [2.75, 3.05) is 12.4 Å². The van der Waals surface area contributed by atoms with E-state index in [1.807, 2.05) is 0 Å². The average molecular weight is 330 g/mol. The number of hydrogen-bond acceptors (Lipinski definition) is 5. The molecular weight excluding hydrogens is 310 g/mol. The fourth-order valence-corrected chi connectivity index (χ4v) is 3.74. The van der Waals surface area contributed by atoms with Gasteiger partial charge in [-0.3, -0.25) is 9.36 Å². The van der Waals surface area contributed by atoms with Crippen molar-refractivity contribution in [3.05, 3.63) is 20.8 Å². The fourth-order valence-electron chi connectivity index (χ4n) is 2.65. The van der Waals surface area contributed by atoms with Crippen LogP contribution in [0.2, 0.25) is 0 Å². The molecule has 1 aliphatic rings. The van der Waals surface area contributed by atoms with E-state index in [9.17, 15) is 4.79 Å². The molecule has 1 aliphatic heterocycles. The Morgan fingerprint density at radius 1 is 1.52 bits per heavy atom. The standard InChI is InChI=1S/C14H19N3O2S.ClH/c1-5-14(2)6-8-9(7-19-14)20-11-10(8)12(18)17(4)13(15-3)16-11;/h5-7H2,1-4H3,(H,15,16);1H/t14-;/m0./s1. The second-order valence-electron chi connectivity index (χ2n) is 5.50. The molecule has 7 heteroatoms. The van der Waals surface area contributed by atoms with Gasteiger partial charge < -0.3 is 10.1 Å². The van der Waals surface area contributed by atoms with Gasteiger partial charge in [0.15, 0.2) is 0 Å². The molecule has 3 heterocycles. The molecular formula is C14H20ClN3O2S. The number of aromatic nitrogens is 2. The van der Waals surface area contributed by atoms with E-state index in [1.54, 1.807) is 30.0 Å². The van der Waals surface area contributed by atoms with Crippen LogP contribution < -0.4 is 10.9 Å². The normalized spacial score (nSPS) is 21.0. The predicted octanol–water partition coefficient (Wildman–Crippen LogP) is 2.70. The van der Waals surface area contributed by atoms with Crippen LogP contribution in [0.4, 0.5) is 5.95 Å². The molecule has 0 fully saturated rings. The lowest BCUT2D eigenvalue weighted by Gasteiger charge is -2.32. The van der Waals surface area contributed by atoms with E-state index in [-0.39, 0.29) is 23.6 Å². The summed E-state index contributed by atoms with van der Waals surface area (Å²) in [5, 5.41) is 3.74. The van der Waals surface area contributed by atoms with Gasteiger partial charge in [-0.15, -0.1) is 23.7 Å². The van der Waals surface area contributed by atoms with Gasteiger partial charge in [0.2, 0.25) is 5.95 Å². The second-order valence-corrected chi connectivity index (χ2v) is 6.59. The highest BCUT2D eigenvalue weighted by Crippen LogP contribution is 2.38. The van der Waals surface area contributed by atoms with E-state index >= 15 is 0 Å². The van der Waals surface area contributed by atoms with Crippen LogP contribution >= 0.6 is 23.7 Å². The second kappa shape index (κ2) is 5.59. The first kappa shape index (κ1) is 16.3. The molecule has 1 N–H and O–H groups in total. The maximum Gasteiger partial charge on any atom is 0.263 e. The highest BCUT2D eigenvalue weighted by Gasteiger charge is 2.33. The molecule has 0 amide bonds. The quantitative estimate of drug-likeness (QED) is 0.920. The van der Waals surface area contributed by atoms with Gasteiger partial charge in [-0.05, 0) is 18.9 Å². The number of fused-ring (bicyclic) bond motifs is 3. The summed E-state index contributed by atoms with van der Waals surface area (Å²) >= 11 is 1.57. The van der Waals surface area contributed by atoms with Crippen LogP contribution in [-0.4, -0.2) is 22.2 Å². The van der Waals surface area contributed by atoms with Gasteiger partial charge >= 0.3 is 0 Å². The fraction of sp³-hybridized carbons (Fsp3) is 0.571. The van der Waals surface area contributed by atoms with Gasteiger partial charge in [-0.25, -0.2) is 4.98 Å². The van der Waals surface area contributed by atoms with Crippen LogP contribution in [0, 0.1) is 0 Å². The minimum atomic E-state index is -0.173. The zero-order valence-electron chi connectivity index (χ0n) is 12.6. The van der Waals surface area contributed by atoms with Crippen molar-refractivity contribution < 1.29 is 4.74 Å². The number of hydrogen-bond donors (Lipinski definition) is 1. The van der Waals surface area contributed by atoms with Crippen LogP contribution in [0.1, 0.15) is 30.7 Å². The number of halogens is 1. The molecule has 21 heavy (non-hydrogen) atoms. The first-order chi connectivity index (χ1) is 9.49. The molecule has 0 radical (unpaired) electrons. The average Bonchev–Trinajstić information content (AvgIpc) is 2.80. The molecule has 0 bridgehead atoms. The van der Waals surface area contributed by atoms with Crippen molar-refractivity contribution in [2.45, 2.75) is 38.9 Å². The third kappa shape index (κ3) is 2.45. The number of anilines is 1. The zero-order valence-corrected chi connectivity index (χ0v) is 14.3. The Kier molecular flexibility index (Phi) is 4.33. The molecule has 0 unspecified atom stereocenters. The highest BCUT2D eigenvalue weighted by atomic mass is 35.5. The molecule has 2 aromatic rings. The van der Waals surface area contributed by atoms with E-state index in [4.69, 9.17) is 4.74 Å². The monoisotopic (exact) mass is 329 g/mol. The number of ether oxygens (including phenoxy) is 1. The number of nitrogens with zero attached hydrogens (tertiary/aromatic N) is 2. The molecule has 0 saturated heterocycles. The maximum atomic E-state index is 12.6. The van der Waals surface area contributed by atoms with Crippen molar-refractivity contribution in [1.29, 1.82) is 0 Å². The first-order valence-corrected chi connectivity index (χ1v) is 7.63. The van der Waals surface area contributed by atoms with E-state index in [2.05, 4.69) is 24.1 Å². The summed E-state index contributed by atoms with van der Waals surface area (Å²) in [6, 6.07) is 0. The number of rotatable bonds is 2. The van der Waals surface area contributed by atoms with Crippen molar-refractivity contribution >= 4 is 39.9 Å². The topological polar surface area (TPSA) is 56.2 Å². The van der Waals surface area contributed by atoms with Gasteiger partial charge in [-0.2, -0.15) is 0 Å². The summed E-state index contributed by atoms with van der Waals surface area (Å²) in [6.45, 7) is 4.81. The molecule has 3 rings (SSSR count). The van der Waals surface area contributed by atoms with E-state index in [0.29, 0.717) is 12.6 Å². The Hall–Kier alpha value is -1.11. The number of nitrogens with one attached hydrogen (secondary N) is 1. The Balaban J connectivity index is 0.00000161. The van der Waals surface area contributed by atoms with Crippen LogP contribution in [0.5, 0.6) is 0 Å². The Bertz CT molecular complexity index is 740. The zero-order chi connectivity index (χ0) is 14.5. The molecule has 116 valence electrons. The molecule has 0 aliphatic carbocycles. The van der Waals surface area contributed by atoms with E-state index in [1.165, 1.54) is 0 Å². The van der Waals surface area contributed by atoms with Crippen molar-refractivity contribution in [2.24, 2.45) is 7.05 Å². The summed E-state index contributed by atoms with van der Waals surface area (Å²) in [7, 11) is 3.53. The third-order valence-corrected chi connectivity index (χ3v) is 5.29. The summed E-state index contributed by atoms with van der Waals surface area (Å²) < 4.78 is 7.53. The molecule has 0 aromatic carbocycles. The van der Waals surface area contributed by atoms with Gasteiger partial charge in [0, 0.05) is 25.4 Å². The van der Waals surface area contributed by atoms with Gasteiger partial charge in [0.25, 0.3) is 5.56 Å². The van der Waals surface area contributed by atoms with Gasteiger partial charge in [0.1, 0.15) is 4.83 Å². The summed E-state index contributed by atoms with van der Waals surface area (Å²) in [4.78, 5) is 19.1. The molecule has 2 aromatic heterocycles. The predicted molar refractivity (Wildman–Crippen MR) is 88.8 cm³/mol. The highest BCUT2D eigenvalue weighted by molar-refractivity contribution is 7.18. The Labute approximate surface area is 133 Å². The Morgan fingerprint density at radius 2 is 2.24 bits per heavy atom. The summed E-state index contributed by atoms with van der Waals surface area (Å²) in [5.41, 5.74) is 0.988. The van der Waals surface area contributed by atoms with Crippen LogP contribution in [-0.2, 0) is 24.8 Å². The first-order valence-electron chi connectivity index (χ1n) is 6.82. The van der Waals surface area contributed by atoms with Crippen LogP contribution in [0.15, 0.2) is 4.79 Å². The largest absolute Gasteiger partial charge is 0.369 e. The van der Waals surface area contributed by atoms with Crippen LogP contribution in [0.25, 0.3) is 10.2 Å². The summed E-state index contributed by atoms with van der Waals surface area (Å²) in [5.74, 6) is 0.597. The number of thiophene rings is 1. The maximum absolute atomic E-state index is 12.6. The van der Waals surface area contributed by atoms with Gasteiger partial charge in [0.05, 0.1) is 17.6 Å². The minimum Gasteiger partial charge on any atom is -0.369 e. The lowest BCUT2D eigenvalue weighted by atomic mass is 9.90. The Morgan fingerprint density at radius 3 is 2.86 bits per heavy atom. The smallest absolute Gasteiger partial charge is 0.263 e. The van der Waals surface area contributed by atoms with Crippen molar-refractivity contribution in [3.63, 3.8) is 0 Å². The molecule has 1 atom stereocenters. The lowest BCUT2D eigenvalue weighted by Crippen LogP contribution is -2.34. The third-order valence-electron chi connectivity index (χ3n) is 4.19. The SMILES string of the molecule is CC[C@@]1(C)Cc2c(sc3nc(NC)n(C)c(=O)c23)CO1.Cl. The molecule has 5 nitrogen and oxygen atoms in total. The van der Waals surface area contributed by atoms with Crippen molar-refractivity contribution in [1.82, 2.24) is 9.55 Å². The van der Waals surface area contributed by atoms with E-state index in [0.717, 1.165) is 33.5 Å². The molecule has 0 spiro atoms. The van der Waals surface area contributed by atoms with E-state index < -0.39 is 0 Å².